The van der Waals surface area contributed by atoms with Crippen LogP contribution in [0.15, 0.2) is 59.9 Å². The summed E-state index contributed by atoms with van der Waals surface area (Å²) in [6.07, 6.45) is -1.86. The second kappa shape index (κ2) is 8.90. The van der Waals surface area contributed by atoms with Gasteiger partial charge in [0.15, 0.2) is 34.8 Å². The molecule has 1 N–H and O–H groups in total. The molecule has 176 valence electrons. The SMILES string of the molecule is COc1c(OCc2ccccc2)ccnc1CS(=O)c1nc2cc3c(cc2[nH]1)OC(F)(F)CO3. The lowest BCUT2D eigenvalue weighted by molar-refractivity contribution is -0.208. The Labute approximate surface area is 195 Å². The van der Waals surface area contributed by atoms with Gasteiger partial charge in [0.25, 0.3) is 0 Å². The molecule has 1 aliphatic heterocycles. The van der Waals surface area contributed by atoms with E-state index in [0.717, 1.165) is 5.56 Å². The van der Waals surface area contributed by atoms with Crippen molar-refractivity contribution in [2.24, 2.45) is 0 Å². The fraction of sp³-hybridized carbons (Fsp3) is 0.217. The zero-order chi connectivity index (χ0) is 23.7. The second-order valence-electron chi connectivity index (χ2n) is 7.44. The minimum Gasteiger partial charge on any atom is -0.491 e. The van der Waals surface area contributed by atoms with E-state index in [1.807, 2.05) is 30.3 Å². The molecule has 1 unspecified atom stereocenters. The number of alkyl halides is 2. The summed E-state index contributed by atoms with van der Waals surface area (Å²) in [5.74, 6) is 0.879. The highest BCUT2D eigenvalue weighted by Crippen LogP contribution is 2.39. The van der Waals surface area contributed by atoms with Crippen LogP contribution in [0.25, 0.3) is 11.0 Å². The molecule has 11 heteroatoms. The Hall–Kier alpha value is -3.73. The second-order valence-corrected chi connectivity index (χ2v) is 8.81. The maximum atomic E-state index is 13.5. The van der Waals surface area contributed by atoms with E-state index in [1.54, 1.807) is 12.3 Å². The number of nitrogens with one attached hydrogen (secondary N) is 1. The number of nitrogens with zero attached hydrogens (tertiary/aromatic N) is 2. The van der Waals surface area contributed by atoms with E-state index >= 15 is 0 Å². The summed E-state index contributed by atoms with van der Waals surface area (Å²) in [6.45, 7) is -0.552. The van der Waals surface area contributed by atoms with Crippen molar-refractivity contribution in [3.05, 3.63) is 66.0 Å². The first-order valence-corrected chi connectivity index (χ1v) is 11.5. The molecule has 2 aromatic heterocycles. The Kier molecular flexibility index (Phi) is 5.78. The number of imidazole rings is 1. The van der Waals surface area contributed by atoms with Crippen molar-refractivity contribution in [3.8, 4) is 23.0 Å². The van der Waals surface area contributed by atoms with Crippen LogP contribution < -0.4 is 18.9 Å². The molecule has 0 saturated carbocycles. The number of halogens is 2. The summed E-state index contributed by atoms with van der Waals surface area (Å²) in [5, 5.41) is 0.156. The predicted octanol–water partition coefficient (Wildman–Crippen LogP) is 4.22. The number of hydrogen-bond donors (Lipinski definition) is 1. The van der Waals surface area contributed by atoms with Crippen LogP contribution in [0.5, 0.6) is 23.0 Å². The Bertz CT molecular complexity index is 1360. The van der Waals surface area contributed by atoms with Gasteiger partial charge in [-0.2, -0.15) is 8.78 Å². The monoisotopic (exact) mass is 487 g/mol. The van der Waals surface area contributed by atoms with Crippen LogP contribution in [0.4, 0.5) is 8.78 Å². The van der Waals surface area contributed by atoms with E-state index in [9.17, 15) is 13.0 Å². The average molecular weight is 487 g/mol. The summed E-state index contributed by atoms with van der Waals surface area (Å²) in [6, 6.07) is 14.1. The minimum absolute atomic E-state index is 0.00365. The van der Waals surface area contributed by atoms with Crippen LogP contribution in [-0.2, 0) is 23.2 Å². The van der Waals surface area contributed by atoms with E-state index in [0.29, 0.717) is 34.8 Å². The number of aromatic amines is 1. The highest BCUT2D eigenvalue weighted by Gasteiger charge is 2.38. The highest BCUT2D eigenvalue weighted by atomic mass is 32.2. The van der Waals surface area contributed by atoms with E-state index in [4.69, 9.17) is 14.2 Å². The van der Waals surface area contributed by atoms with Gasteiger partial charge in [-0.15, -0.1) is 0 Å². The largest absolute Gasteiger partial charge is 0.491 e. The van der Waals surface area contributed by atoms with Gasteiger partial charge in [-0.1, -0.05) is 30.3 Å². The lowest BCUT2D eigenvalue weighted by Crippen LogP contribution is -2.35. The zero-order valence-corrected chi connectivity index (χ0v) is 18.7. The van der Waals surface area contributed by atoms with E-state index < -0.39 is 23.5 Å². The number of pyridine rings is 1. The third-order valence-corrected chi connectivity index (χ3v) is 6.21. The fourth-order valence-corrected chi connectivity index (χ4v) is 4.50. The standard InChI is InChI=1S/C23H19F2N3O5S/c1-30-21-17(26-8-7-18(21)31-11-14-5-3-2-4-6-14)12-34(29)22-27-15-9-19-20(10-16(15)28-22)33-23(24,25)13-32-19/h2-10H,11-13H2,1H3,(H,27,28). The number of methoxy groups -OCH3 is 1. The van der Waals surface area contributed by atoms with Crippen molar-refractivity contribution in [1.29, 1.82) is 0 Å². The number of aromatic nitrogens is 3. The Morgan fingerprint density at radius 3 is 2.79 bits per heavy atom. The fourth-order valence-electron chi connectivity index (χ4n) is 3.48. The van der Waals surface area contributed by atoms with Gasteiger partial charge in [0.1, 0.15) is 6.61 Å². The molecule has 0 saturated heterocycles. The van der Waals surface area contributed by atoms with Crippen molar-refractivity contribution in [2.75, 3.05) is 13.7 Å². The number of ether oxygens (including phenoxy) is 4. The molecule has 34 heavy (non-hydrogen) atoms. The van der Waals surface area contributed by atoms with Crippen LogP contribution in [0, 0.1) is 0 Å². The first-order chi connectivity index (χ1) is 16.4. The third kappa shape index (κ3) is 4.51. The topological polar surface area (TPSA) is 95.6 Å². The van der Waals surface area contributed by atoms with Crippen LogP contribution >= 0.6 is 0 Å². The lowest BCUT2D eigenvalue weighted by Gasteiger charge is -2.25. The smallest absolute Gasteiger partial charge is 0.433 e. The van der Waals surface area contributed by atoms with Gasteiger partial charge < -0.3 is 23.9 Å². The quantitative estimate of drug-likeness (QED) is 0.417. The molecule has 3 heterocycles. The van der Waals surface area contributed by atoms with Crippen molar-refractivity contribution in [2.45, 2.75) is 23.6 Å². The summed E-state index contributed by atoms with van der Waals surface area (Å²) in [5.41, 5.74) is 2.22. The molecule has 0 fully saturated rings. The van der Waals surface area contributed by atoms with E-state index in [1.165, 1.54) is 19.2 Å². The number of benzene rings is 2. The molecular formula is C23H19F2N3O5S. The first kappa shape index (κ1) is 22.1. The van der Waals surface area contributed by atoms with Gasteiger partial charge in [0.2, 0.25) is 0 Å². The molecule has 0 radical (unpaired) electrons. The van der Waals surface area contributed by atoms with Gasteiger partial charge in [0.05, 0.1) is 40.4 Å². The van der Waals surface area contributed by atoms with Gasteiger partial charge in [-0.3, -0.25) is 9.19 Å². The van der Waals surface area contributed by atoms with E-state index in [2.05, 4.69) is 19.7 Å². The maximum absolute atomic E-state index is 13.5. The van der Waals surface area contributed by atoms with Gasteiger partial charge >= 0.3 is 6.11 Å². The molecule has 2 aromatic carbocycles. The number of rotatable bonds is 7. The first-order valence-electron chi connectivity index (χ1n) is 10.2. The lowest BCUT2D eigenvalue weighted by atomic mass is 10.2. The normalized spacial score (nSPS) is 15.1. The molecule has 0 aliphatic carbocycles. The van der Waals surface area contributed by atoms with Crippen molar-refractivity contribution < 1.29 is 31.9 Å². The molecule has 1 atom stereocenters. The number of fused-ring (bicyclic) bond motifs is 2. The summed E-state index contributed by atoms with van der Waals surface area (Å²) >= 11 is 0. The predicted molar refractivity (Wildman–Crippen MR) is 119 cm³/mol. The molecular weight excluding hydrogens is 468 g/mol. The zero-order valence-electron chi connectivity index (χ0n) is 17.9. The number of hydrogen-bond acceptors (Lipinski definition) is 7. The Morgan fingerprint density at radius 2 is 2.00 bits per heavy atom. The van der Waals surface area contributed by atoms with Gasteiger partial charge in [-0.05, 0) is 5.56 Å². The molecule has 0 spiro atoms. The molecule has 1 aliphatic rings. The molecule has 5 rings (SSSR count). The maximum Gasteiger partial charge on any atom is 0.433 e. The summed E-state index contributed by atoms with van der Waals surface area (Å²) in [7, 11) is -0.152. The molecule has 8 nitrogen and oxygen atoms in total. The van der Waals surface area contributed by atoms with Crippen LogP contribution in [0.1, 0.15) is 11.3 Å². The Morgan fingerprint density at radius 1 is 1.18 bits per heavy atom. The minimum atomic E-state index is -3.41. The molecule has 4 aromatic rings. The number of H-pyrrole nitrogens is 1. The van der Waals surface area contributed by atoms with Crippen molar-refractivity contribution in [1.82, 2.24) is 15.0 Å². The third-order valence-electron chi connectivity index (χ3n) is 5.05. The molecule has 0 bridgehead atoms. The molecule has 0 amide bonds. The van der Waals surface area contributed by atoms with Crippen LogP contribution in [0.3, 0.4) is 0 Å². The van der Waals surface area contributed by atoms with Gasteiger partial charge in [0, 0.05) is 24.4 Å². The summed E-state index contributed by atoms with van der Waals surface area (Å²) in [4.78, 5) is 11.5. The van der Waals surface area contributed by atoms with Crippen LogP contribution in [0.2, 0.25) is 0 Å². The van der Waals surface area contributed by atoms with E-state index in [-0.39, 0.29) is 22.4 Å². The van der Waals surface area contributed by atoms with Crippen LogP contribution in [-0.4, -0.2) is 39.0 Å². The summed E-state index contributed by atoms with van der Waals surface area (Å²) < 4.78 is 61.1. The van der Waals surface area contributed by atoms with Gasteiger partial charge in [-0.25, -0.2) is 4.98 Å². The Balaban J connectivity index is 1.36. The van der Waals surface area contributed by atoms with Crippen molar-refractivity contribution in [3.63, 3.8) is 0 Å². The average Bonchev–Trinajstić information content (AvgIpc) is 3.24. The van der Waals surface area contributed by atoms with Crippen molar-refractivity contribution >= 4 is 21.8 Å². The highest BCUT2D eigenvalue weighted by molar-refractivity contribution is 7.84.